The van der Waals surface area contributed by atoms with Crippen molar-refractivity contribution in [1.29, 1.82) is 0 Å². The van der Waals surface area contributed by atoms with E-state index in [0.717, 1.165) is 13.0 Å². The molecule has 23 heavy (non-hydrogen) atoms. The van der Waals surface area contributed by atoms with Crippen LogP contribution < -0.4 is 0 Å². The highest BCUT2D eigenvalue weighted by Gasteiger charge is 2.28. The van der Waals surface area contributed by atoms with E-state index in [9.17, 15) is 4.79 Å². The van der Waals surface area contributed by atoms with Gasteiger partial charge in [-0.25, -0.2) is 4.79 Å². The number of fused-ring (bicyclic) bond motifs is 1. The van der Waals surface area contributed by atoms with Gasteiger partial charge in [0.1, 0.15) is 5.60 Å². The van der Waals surface area contributed by atoms with Gasteiger partial charge in [-0.3, -0.25) is 4.90 Å². The fourth-order valence-corrected chi connectivity index (χ4v) is 3.15. The molecule has 1 amide bonds. The second-order valence-corrected chi connectivity index (χ2v) is 7.33. The molecule has 0 saturated heterocycles. The highest BCUT2D eigenvalue weighted by atomic mass is 16.6. The minimum absolute atomic E-state index is 0.238. The van der Waals surface area contributed by atoms with Crippen molar-refractivity contribution in [3.05, 3.63) is 40.5 Å². The van der Waals surface area contributed by atoms with Crippen molar-refractivity contribution in [2.45, 2.75) is 52.8 Å². The number of carbonyl (C=O) groups excluding carboxylic acids is 1. The monoisotopic (exact) mass is 315 g/mol. The number of carbonyl (C=O) groups is 1. The zero-order valence-corrected chi connectivity index (χ0v) is 14.4. The summed E-state index contributed by atoms with van der Waals surface area (Å²) in [7, 11) is 0. The molecule has 4 heteroatoms. The van der Waals surface area contributed by atoms with E-state index in [1.165, 1.54) is 27.8 Å². The van der Waals surface area contributed by atoms with Gasteiger partial charge in [0.05, 0.1) is 13.2 Å². The maximum absolute atomic E-state index is 12.3. The van der Waals surface area contributed by atoms with Crippen molar-refractivity contribution in [3.63, 3.8) is 0 Å². The van der Waals surface area contributed by atoms with Crippen LogP contribution >= 0.6 is 0 Å². The third-order valence-corrected chi connectivity index (χ3v) is 4.23. The summed E-state index contributed by atoms with van der Waals surface area (Å²) in [5.74, 6) is 0. The lowest BCUT2D eigenvalue weighted by molar-refractivity contribution is 0.0242. The predicted molar refractivity (Wildman–Crippen MR) is 90.1 cm³/mol. The highest BCUT2D eigenvalue weighted by molar-refractivity contribution is 5.72. The van der Waals surface area contributed by atoms with Gasteiger partial charge in [-0.15, -0.1) is 0 Å². The molecule has 0 N–H and O–H groups in total. The van der Waals surface area contributed by atoms with Gasteiger partial charge >= 0.3 is 6.09 Å². The first-order valence-electron chi connectivity index (χ1n) is 8.21. The Morgan fingerprint density at radius 1 is 1.22 bits per heavy atom. The Morgan fingerprint density at radius 3 is 2.52 bits per heavy atom. The van der Waals surface area contributed by atoms with Crippen molar-refractivity contribution in [1.82, 2.24) is 4.90 Å². The number of hydrogen-bond acceptors (Lipinski definition) is 3. The number of nitrogens with zero attached hydrogens (tertiary/aromatic N) is 1. The first kappa shape index (κ1) is 16.1. The van der Waals surface area contributed by atoms with Crippen LogP contribution in [0, 0.1) is 6.92 Å². The standard InChI is InChI=1S/C19H25NO3/c1-13-9-15-11-20(18(21)23-19(2,3)4)12-16(15)10-17(13)14-5-7-22-8-6-14/h5,9-10H,6-8,11-12H2,1-4H3. The zero-order valence-electron chi connectivity index (χ0n) is 14.4. The SMILES string of the molecule is Cc1cc2c(cc1C1=CCOCC1)CN(C(=O)OC(C)(C)C)C2. The van der Waals surface area contributed by atoms with Crippen molar-refractivity contribution in [3.8, 4) is 0 Å². The number of ether oxygens (including phenoxy) is 2. The van der Waals surface area contributed by atoms with Crippen LogP contribution in [0.2, 0.25) is 0 Å². The largest absolute Gasteiger partial charge is 0.444 e. The summed E-state index contributed by atoms with van der Waals surface area (Å²) in [6.45, 7) is 10.6. The van der Waals surface area contributed by atoms with Gasteiger partial charge in [0.2, 0.25) is 0 Å². The van der Waals surface area contributed by atoms with Crippen LogP contribution in [0.25, 0.3) is 5.57 Å². The van der Waals surface area contributed by atoms with Crippen LogP contribution in [0.3, 0.4) is 0 Å². The summed E-state index contributed by atoms with van der Waals surface area (Å²) < 4.78 is 10.9. The van der Waals surface area contributed by atoms with Crippen LogP contribution in [0.1, 0.15) is 49.4 Å². The highest BCUT2D eigenvalue weighted by Crippen LogP contribution is 2.32. The first-order chi connectivity index (χ1) is 10.8. The van der Waals surface area contributed by atoms with Crippen molar-refractivity contribution >= 4 is 11.7 Å². The molecule has 4 nitrogen and oxygen atoms in total. The maximum atomic E-state index is 12.3. The van der Waals surface area contributed by atoms with E-state index in [-0.39, 0.29) is 6.09 Å². The van der Waals surface area contributed by atoms with Gasteiger partial charge in [-0.2, -0.15) is 0 Å². The number of hydrogen-bond donors (Lipinski definition) is 0. The minimum Gasteiger partial charge on any atom is -0.444 e. The molecular weight excluding hydrogens is 290 g/mol. The lowest BCUT2D eigenvalue weighted by Gasteiger charge is -2.24. The van der Waals surface area contributed by atoms with E-state index >= 15 is 0 Å². The van der Waals surface area contributed by atoms with Gasteiger partial charge in [0.25, 0.3) is 0 Å². The normalized spacial score (nSPS) is 17.7. The molecular formula is C19H25NO3. The van der Waals surface area contributed by atoms with Crippen molar-refractivity contribution in [2.75, 3.05) is 13.2 Å². The molecule has 0 bridgehead atoms. The molecule has 0 unspecified atom stereocenters. The third kappa shape index (κ3) is 3.58. The van der Waals surface area contributed by atoms with E-state index in [0.29, 0.717) is 19.7 Å². The maximum Gasteiger partial charge on any atom is 0.410 e. The van der Waals surface area contributed by atoms with Crippen LogP contribution in [0.5, 0.6) is 0 Å². The van der Waals surface area contributed by atoms with Crippen molar-refractivity contribution < 1.29 is 14.3 Å². The van der Waals surface area contributed by atoms with Crippen molar-refractivity contribution in [2.24, 2.45) is 0 Å². The topological polar surface area (TPSA) is 38.8 Å². The van der Waals surface area contributed by atoms with Gasteiger partial charge in [0.15, 0.2) is 0 Å². The smallest absolute Gasteiger partial charge is 0.410 e. The summed E-state index contributed by atoms with van der Waals surface area (Å²) in [5, 5.41) is 0. The van der Waals surface area contributed by atoms with E-state index in [1.807, 2.05) is 20.8 Å². The second kappa shape index (κ2) is 6.00. The summed E-state index contributed by atoms with van der Waals surface area (Å²) in [6, 6.07) is 4.46. The fourth-order valence-electron chi connectivity index (χ4n) is 3.15. The average Bonchev–Trinajstić information content (AvgIpc) is 2.88. The number of benzene rings is 1. The van der Waals surface area contributed by atoms with Crippen LogP contribution in [-0.4, -0.2) is 29.8 Å². The Labute approximate surface area is 138 Å². The predicted octanol–water partition coefficient (Wildman–Crippen LogP) is 4.05. The molecule has 0 fully saturated rings. The van der Waals surface area contributed by atoms with Crippen LogP contribution in [0.4, 0.5) is 4.79 Å². The third-order valence-electron chi connectivity index (χ3n) is 4.23. The van der Waals surface area contributed by atoms with E-state index < -0.39 is 5.60 Å². The van der Waals surface area contributed by atoms with Gasteiger partial charge in [0, 0.05) is 13.1 Å². The Balaban J connectivity index is 1.80. The van der Waals surface area contributed by atoms with Crippen LogP contribution in [0.15, 0.2) is 18.2 Å². The summed E-state index contributed by atoms with van der Waals surface area (Å²) in [5.41, 5.74) is 5.90. The molecule has 3 rings (SSSR count). The average molecular weight is 315 g/mol. The zero-order chi connectivity index (χ0) is 16.6. The number of amides is 1. The summed E-state index contributed by atoms with van der Waals surface area (Å²) in [4.78, 5) is 14.1. The molecule has 0 atom stereocenters. The van der Waals surface area contributed by atoms with Gasteiger partial charge in [-0.1, -0.05) is 12.1 Å². The molecule has 2 heterocycles. The Kier molecular flexibility index (Phi) is 4.19. The molecule has 124 valence electrons. The summed E-state index contributed by atoms with van der Waals surface area (Å²) >= 11 is 0. The minimum atomic E-state index is -0.458. The number of rotatable bonds is 1. The first-order valence-corrected chi connectivity index (χ1v) is 8.21. The van der Waals surface area contributed by atoms with Gasteiger partial charge < -0.3 is 9.47 Å². The Hall–Kier alpha value is -1.81. The number of aryl methyl sites for hydroxylation is 1. The Morgan fingerprint density at radius 2 is 1.91 bits per heavy atom. The fraction of sp³-hybridized carbons (Fsp3) is 0.526. The summed E-state index contributed by atoms with van der Waals surface area (Å²) in [6.07, 6.45) is 2.88. The quantitative estimate of drug-likeness (QED) is 0.785. The second-order valence-electron chi connectivity index (χ2n) is 7.33. The van der Waals surface area contributed by atoms with Crippen LogP contribution in [-0.2, 0) is 22.6 Å². The lowest BCUT2D eigenvalue weighted by Crippen LogP contribution is -2.33. The molecule has 1 aromatic rings. The molecule has 0 saturated carbocycles. The van der Waals surface area contributed by atoms with E-state index in [2.05, 4.69) is 25.1 Å². The van der Waals surface area contributed by atoms with E-state index in [4.69, 9.17) is 9.47 Å². The molecule has 0 spiro atoms. The van der Waals surface area contributed by atoms with E-state index in [1.54, 1.807) is 4.90 Å². The Bertz CT molecular complexity index is 655. The molecule has 2 aliphatic heterocycles. The molecule has 1 aromatic carbocycles. The molecule has 0 radical (unpaired) electrons. The lowest BCUT2D eigenvalue weighted by atomic mass is 9.93. The molecule has 2 aliphatic rings. The molecule has 0 aromatic heterocycles. The van der Waals surface area contributed by atoms with Gasteiger partial charge in [-0.05, 0) is 68.0 Å². The molecule has 0 aliphatic carbocycles.